The summed E-state index contributed by atoms with van der Waals surface area (Å²) >= 11 is 1.63. The maximum Gasteiger partial charge on any atom is 0.153 e. The molecule has 0 radical (unpaired) electrons. The summed E-state index contributed by atoms with van der Waals surface area (Å²) in [5.41, 5.74) is 2.68. The van der Waals surface area contributed by atoms with Crippen molar-refractivity contribution >= 4 is 17.6 Å². The van der Waals surface area contributed by atoms with Crippen LogP contribution in [0, 0.1) is 0 Å². The lowest BCUT2D eigenvalue weighted by molar-refractivity contribution is 0.109. The molecule has 4 nitrogen and oxygen atoms in total. The number of hydrogen-bond acceptors (Lipinski definition) is 5. The Morgan fingerprint density at radius 1 is 1.32 bits per heavy atom. The molecule has 0 aliphatic carbocycles. The number of ether oxygens (including phenoxy) is 2. The van der Waals surface area contributed by atoms with Crippen LogP contribution in [0.2, 0.25) is 0 Å². The Labute approximate surface area is 135 Å². The third kappa shape index (κ3) is 4.66. The van der Waals surface area contributed by atoms with E-state index in [1.807, 2.05) is 35.9 Å². The molecule has 0 unspecified atom stereocenters. The fourth-order valence-corrected chi connectivity index (χ4v) is 2.77. The summed E-state index contributed by atoms with van der Waals surface area (Å²) in [5.74, 6) is 0.679. The maximum atomic E-state index is 10.9. The number of nitrogens with one attached hydrogen (secondary N) is 1. The van der Waals surface area contributed by atoms with E-state index in [1.165, 1.54) is 0 Å². The molecule has 0 amide bonds. The topological polar surface area (TPSA) is 47.6 Å². The van der Waals surface area contributed by atoms with Gasteiger partial charge in [0.05, 0.1) is 25.4 Å². The van der Waals surface area contributed by atoms with Crippen LogP contribution in [0.25, 0.3) is 11.1 Å². The molecule has 1 aromatic carbocycles. The molecule has 1 N–H and O–H groups in total. The fraction of sp³-hybridized carbons (Fsp3) is 0.353. The van der Waals surface area contributed by atoms with Crippen LogP contribution in [-0.4, -0.2) is 39.2 Å². The van der Waals surface area contributed by atoms with Crippen molar-refractivity contribution in [1.29, 1.82) is 0 Å². The number of aldehydes is 1. The van der Waals surface area contributed by atoms with Gasteiger partial charge < -0.3 is 14.8 Å². The number of morpholine rings is 1. The molecule has 0 bridgehead atoms. The van der Waals surface area contributed by atoms with Gasteiger partial charge in [0.1, 0.15) is 5.75 Å². The van der Waals surface area contributed by atoms with Gasteiger partial charge in [0.15, 0.2) is 6.29 Å². The largest absolute Gasteiger partial charge is 0.492 e. The Bertz CT molecular complexity index is 554. The molecule has 118 valence electrons. The van der Waals surface area contributed by atoms with Crippen LogP contribution < -0.4 is 10.1 Å². The number of hydrogen-bond donors (Lipinski definition) is 1. The van der Waals surface area contributed by atoms with Gasteiger partial charge in [-0.05, 0) is 35.4 Å². The second kappa shape index (κ2) is 9.35. The van der Waals surface area contributed by atoms with Crippen LogP contribution in [-0.2, 0) is 4.74 Å². The normalized spacial score (nSPS) is 13.9. The summed E-state index contributed by atoms with van der Waals surface area (Å²) in [7, 11) is 0. The average molecular weight is 319 g/mol. The second-order valence-corrected chi connectivity index (χ2v) is 5.43. The molecule has 1 aliphatic heterocycles. The van der Waals surface area contributed by atoms with Crippen molar-refractivity contribution in [2.75, 3.05) is 32.9 Å². The summed E-state index contributed by atoms with van der Waals surface area (Å²) < 4.78 is 10.6. The number of para-hydroxylation sites is 1. The van der Waals surface area contributed by atoms with E-state index in [-0.39, 0.29) is 0 Å². The van der Waals surface area contributed by atoms with Crippen LogP contribution in [0.15, 0.2) is 35.0 Å². The van der Waals surface area contributed by atoms with Gasteiger partial charge in [-0.15, -0.1) is 0 Å². The van der Waals surface area contributed by atoms with E-state index in [0.717, 1.165) is 43.7 Å². The average Bonchev–Trinajstić information content (AvgIpc) is 3.12. The predicted octanol–water partition coefficient (Wildman–Crippen LogP) is 3.23. The molecular formula is C17H21NO3S. The number of thiophene rings is 1. The van der Waals surface area contributed by atoms with Gasteiger partial charge in [-0.3, -0.25) is 4.79 Å². The highest BCUT2D eigenvalue weighted by atomic mass is 32.1. The van der Waals surface area contributed by atoms with E-state index < -0.39 is 0 Å². The fourth-order valence-electron chi connectivity index (χ4n) is 2.11. The molecule has 0 atom stereocenters. The molecule has 0 spiro atoms. The first-order valence-electron chi connectivity index (χ1n) is 7.38. The van der Waals surface area contributed by atoms with Crippen molar-refractivity contribution in [2.45, 2.75) is 6.92 Å². The van der Waals surface area contributed by atoms with E-state index in [1.54, 1.807) is 17.4 Å². The third-order valence-corrected chi connectivity index (χ3v) is 3.82. The van der Waals surface area contributed by atoms with Crippen LogP contribution >= 0.6 is 11.3 Å². The molecule has 22 heavy (non-hydrogen) atoms. The summed E-state index contributed by atoms with van der Waals surface area (Å²) in [5, 5.41) is 7.22. The Hall–Kier alpha value is -1.69. The molecule has 3 rings (SSSR count). The molecular weight excluding hydrogens is 298 g/mol. The van der Waals surface area contributed by atoms with E-state index in [2.05, 4.69) is 5.32 Å². The summed E-state index contributed by atoms with van der Waals surface area (Å²) in [6.45, 7) is 6.31. The lowest BCUT2D eigenvalue weighted by atomic mass is 10.0. The SMILES string of the molecule is C1COCCN1.CCOc1c(C=O)cccc1-c1ccsc1. The van der Waals surface area contributed by atoms with Gasteiger partial charge in [0.25, 0.3) is 0 Å². The standard InChI is InChI=1S/C13H12O2S.C4H9NO/c1-2-15-13-10(8-14)4-3-5-12(13)11-6-7-16-9-11;1-3-6-4-2-5-1/h3-9H,2H2,1H3;5H,1-4H2. The molecule has 1 aromatic heterocycles. The van der Waals surface area contributed by atoms with Crippen LogP contribution in [0.4, 0.5) is 0 Å². The second-order valence-electron chi connectivity index (χ2n) is 4.65. The molecule has 2 aromatic rings. The number of benzene rings is 1. The Kier molecular flexibility index (Phi) is 7.09. The minimum absolute atomic E-state index is 0.558. The zero-order chi connectivity index (χ0) is 15.6. The number of rotatable bonds is 4. The van der Waals surface area contributed by atoms with Crippen LogP contribution in [0.5, 0.6) is 5.75 Å². The van der Waals surface area contributed by atoms with E-state index in [9.17, 15) is 4.79 Å². The highest BCUT2D eigenvalue weighted by Crippen LogP contribution is 2.33. The number of carbonyl (C=O) groups excluding carboxylic acids is 1. The van der Waals surface area contributed by atoms with Gasteiger partial charge in [0, 0.05) is 18.7 Å². The molecule has 1 aliphatic rings. The van der Waals surface area contributed by atoms with Gasteiger partial charge in [-0.2, -0.15) is 11.3 Å². The van der Waals surface area contributed by atoms with Gasteiger partial charge >= 0.3 is 0 Å². The van der Waals surface area contributed by atoms with Crippen LogP contribution in [0.1, 0.15) is 17.3 Å². The van der Waals surface area contributed by atoms with E-state index >= 15 is 0 Å². The first kappa shape index (κ1) is 16.7. The zero-order valence-electron chi connectivity index (χ0n) is 12.7. The summed E-state index contributed by atoms with van der Waals surface area (Å²) in [6, 6.07) is 7.64. The lowest BCUT2D eigenvalue weighted by Gasteiger charge is -2.11. The van der Waals surface area contributed by atoms with Crippen LogP contribution in [0.3, 0.4) is 0 Å². The summed E-state index contributed by atoms with van der Waals surface area (Å²) in [4.78, 5) is 10.9. The third-order valence-electron chi connectivity index (χ3n) is 3.14. The molecule has 1 fully saturated rings. The van der Waals surface area contributed by atoms with Crippen molar-refractivity contribution in [2.24, 2.45) is 0 Å². The quantitative estimate of drug-likeness (QED) is 0.879. The van der Waals surface area contributed by atoms with Crippen molar-refractivity contribution in [1.82, 2.24) is 5.32 Å². The van der Waals surface area contributed by atoms with E-state index in [0.29, 0.717) is 17.9 Å². The van der Waals surface area contributed by atoms with E-state index in [4.69, 9.17) is 9.47 Å². The molecule has 0 saturated carbocycles. The number of carbonyl (C=O) groups is 1. The minimum atomic E-state index is 0.558. The van der Waals surface area contributed by atoms with Crippen molar-refractivity contribution < 1.29 is 14.3 Å². The first-order chi connectivity index (χ1) is 10.9. The van der Waals surface area contributed by atoms with Gasteiger partial charge in [-0.1, -0.05) is 12.1 Å². The molecule has 1 saturated heterocycles. The molecule has 2 heterocycles. The smallest absolute Gasteiger partial charge is 0.153 e. The zero-order valence-corrected chi connectivity index (χ0v) is 13.5. The van der Waals surface area contributed by atoms with Crippen molar-refractivity contribution in [3.05, 3.63) is 40.6 Å². The lowest BCUT2D eigenvalue weighted by Crippen LogP contribution is -2.30. The van der Waals surface area contributed by atoms with Crippen molar-refractivity contribution in [3.63, 3.8) is 0 Å². The monoisotopic (exact) mass is 319 g/mol. The van der Waals surface area contributed by atoms with Gasteiger partial charge in [-0.25, -0.2) is 0 Å². The first-order valence-corrected chi connectivity index (χ1v) is 8.33. The predicted molar refractivity (Wildman–Crippen MR) is 90.0 cm³/mol. The maximum absolute atomic E-state index is 10.9. The highest BCUT2D eigenvalue weighted by molar-refractivity contribution is 7.08. The Morgan fingerprint density at radius 2 is 2.14 bits per heavy atom. The Morgan fingerprint density at radius 3 is 2.64 bits per heavy atom. The molecule has 5 heteroatoms. The summed E-state index contributed by atoms with van der Waals surface area (Å²) in [6.07, 6.45) is 0.834. The van der Waals surface area contributed by atoms with Crippen molar-refractivity contribution in [3.8, 4) is 16.9 Å². The van der Waals surface area contributed by atoms with Gasteiger partial charge in [0.2, 0.25) is 0 Å². The minimum Gasteiger partial charge on any atom is -0.492 e. The Balaban J connectivity index is 0.000000246. The highest BCUT2D eigenvalue weighted by Gasteiger charge is 2.10.